The van der Waals surface area contributed by atoms with Crippen molar-refractivity contribution in [1.29, 1.82) is 0 Å². The van der Waals surface area contributed by atoms with E-state index in [-0.39, 0.29) is 23.8 Å². The van der Waals surface area contributed by atoms with E-state index in [0.717, 1.165) is 25.7 Å². The van der Waals surface area contributed by atoms with Crippen molar-refractivity contribution < 1.29 is 19.1 Å². The van der Waals surface area contributed by atoms with Crippen LogP contribution in [0, 0.1) is 0 Å². The van der Waals surface area contributed by atoms with E-state index >= 15 is 0 Å². The highest BCUT2D eigenvalue weighted by molar-refractivity contribution is 5.88. The third-order valence-electron chi connectivity index (χ3n) is 5.31. The molecule has 8 nitrogen and oxygen atoms in total. The average Bonchev–Trinajstić information content (AvgIpc) is 2.70. The monoisotopic (exact) mass is 382 g/mol. The maximum absolute atomic E-state index is 12.9. The van der Waals surface area contributed by atoms with Crippen LogP contribution in [-0.2, 0) is 19.1 Å². The number of rotatable bonds is 8. The molecule has 3 amide bonds. The van der Waals surface area contributed by atoms with Gasteiger partial charge in [-0.25, -0.2) is 0 Å². The summed E-state index contributed by atoms with van der Waals surface area (Å²) in [6, 6.07) is -0.304. The number of hydrogen-bond donors (Lipinski definition) is 1. The van der Waals surface area contributed by atoms with Gasteiger partial charge < -0.3 is 19.9 Å². The fourth-order valence-corrected chi connectivity index (χ4v) is 3.73. The zero-order valence-corrected chi connectivity index (χ0v) is 16.7. The topological polar surface area (TPSA) is 82.2 Å². The van der Waals surface area contributed by atoms with Crippen LogP contribution in [0.2, 0.25) is 0 Å². The standard InChI is InChI=1S/C19H34N4O4/c1-3-18(25)23-9-5-4-7-16(23)19(26)22-12-10-21(11-13-22)15-17(24)20-8-6-14-27-2/h16H,3-15H2,1-2H3,(H,20,24). The Labute approximate surface area is 162 Å². The van der Waals surface area contributed by atoms with Crippen LogP contribution < -0.4 is 5.32 Å². The van der Waals surface area contributed by atoms with Gasteiger partial charge in [0.1, 0.15) is 6.04 Å². The maximum atomic E-state index is 12.9. The molecule has 2 aliphatic heterocycles. The highest BCUT2D eigenvalue weighted by Gasteiger charge is 2.35. The Hall–Kier alpha value is -1.67. The summed E-state index contributed by atoms with van der Waals surface area (Å²) in [4.78, 5) is 42.8. The van der Waals surface area contributed by atoms with Crippen molar-refractivity contribution in [2.45, 2.75) is 45.1 Å². The Balaban J connectivity index is 1.76. The lowest BCUT2D eigenvalue weighted by Crippen LogP contribution is -2.57. The first-order valence-electron chi connectivity index (χ1n) is 10.1. The zero-order valence-electron chi connectivity index (χ0n) is 16.7. The van der Waals surface area contributed by atoms with Gasteiger partial charge in [0.15, 0.2) is 0 Å². The number of carbonyl (C=O) groups excluding carboxylic acids is 3. The number of likely N-dealkylation sites (tertiary alicyclic amines) is 1. The van der Waals surface area contributed by atoms with Gasteiger partial charge in [0.25, 0.3) is 0 Å². The van der Waals surface area contributed by atoms with Crippen molar-refractivity contribution in [2.75, 3.05) is 59.5 Å². The molecule has 0 aromatic carbocycles. The van der Waals surface area contributed by atoms with Gasteiger partial charge in [-0.3, -0.25) is 19.3 Å². The zero-order chi connectivity index (χ0) is 19.6. The van der Waals surface area contributed by atoms with E-state index in [4.69, 9.17) is 4.74 Å². The molecule has 0 saturated carbocycles. The Morgan fingerprint density at radius 1 is 1.07 bits per heavy atom. The molecule has 1 N–H and O–H groups in total. The molecule has 0 spiro atoms. The first-order chi connectivity index (χ1) is 13.1. The molecule has 0 aromatic heterocycles. The lowest BCUT2D eigenvalue weighted by molar-refractivity contribution is -0.148. The molecular formula is C19H34N4O4. The van der Waals surface area contributed by atoms with Crippen LogP contribution >= 0.6 is 0 Å². The summed E-state index contributed by atoms with van der Waals surface area (Å²) in [7, 11) is 1.65. The van der Waals surface area contributed by atoms with Crippen molar-refractivity contribution in [1.82, 2.24) is 20.0 Å². The Morgan fingerprint density at radius 2 is 1.81 bits per heavy atom. The predicted molar refractivity (Wildman–Crippen MR) is 102 cm³/mol. The molecule has 8 heteroatoms. The second-order valence-electron chi connectivity index (χ2n) is 7.25. The van der Waals surface area contributed by atoms with Crippen LogP contribution in [0.5, 0.6) is 0 Å². The normalized spacial score (nSPS) is 21.2. The van der Waals surface area contributed by atoms with Crippen LogP contribution in [0.25, 0.3) is 0 Å². The largest absolute Gasteiger partial charge is 0.385 e. The molecule has 2 saturated heterocycles. The summed E-state index contributed by atoms with van der Waals surface area (Å²) in [5.74, 6) is 0.148. The van der Waals surface area contributed by atoms with Crippen LogP contribution in [0.4, 0.5) is 0 Å². The van der Waals surface area contributed by atoms with Crippen molar-refractivity contribution in [3.05, 3.63) is 0 Å². The third-order valence-corrected chi connectivity index (χ3v) is 5.31. The molecule has 154 valence electrons. The summed E-state index contributed by atoms with van der Waals surface area (Å²) >= 11 is 0. The second-order valence-corrected chi connectivity index (χ2v) is 7.25. The van der Waals surface area contributed by atoms with Crippen LogP contribution in [0.1, 0.15) is 39.0 Å². The molecule has 2 aliphatic rings. The van der Waals surface area contributed by atoms with Crippen molar-refractivity contribution in [2.24, 2.45) is 0 Å². The summed E-state index contributed by atoms with van der Waals surface area (Å²) in [6.45, 7) is 6.74. The molecule has 27 heavy (non-hydrogen) atoms. The number of piperazine rings is 1. The van der Waals surface area contributed by atoms with E-state index < -0.39 is 0 Å². The van der Waals surface area contributed by atoms with Crippen LogP contribution in [0.3, 0.4) is 0 Å². The van der Waals surface area contributed by atoms with E-state index in [1.54, 1.807) is 12.0 Å². The SMILES string of the molecule is CCC(=O)N1CCCCC1C(=O)N1CCN(CC(=O)NCCCOC)CC1. The van der Waals surface area contributed by atoms with Gasteiger partial charge in [-0.2, -0.15) is 0 Å². The number of methoxy groups -OCH3 is 1. The van der Waals surface area contributed by atoms with Gasteiger partial charge in [0.05, 0.1) is 6.54 Å². The van der Waals surface area contributed by atoms with Crippen molar-refractivity contribution in [3.63, 3.8) is 0 Å². The quantitative estimate of drug-likeness (QED) is 0.601. The van der Waals surface area contributed by atoms with E-state index in [0.29, 0.717) is 58.8 Å². The van der Waals surface area contributed by atoms with Crippen LogP contribution in [-0.4, -0.2) is 98.0 Å². The smallest absolute Gasteiger partial charge is 0.245 e. The third kappa shape index (κ3) is 6.46. The summed E-state index contributed by atoms with van der Waals surface area (Å²) < 4.78 is 4.96. The first kappa shape index (κ1) is 21.6. The number of ether oxygens (including phenoxy) is 1. The molecule has 0 radical (unpaired) electrons. The maximum Gasteiger partial charge on any atom is 0.245 e. The molecule has 0 bridgehead atoms. The molecule has 0 aromatic rings. The van der Waals surface area contributed by atoms with E-state index in [9.17, 15) is 14.4 Å². The fourth-order valence-electron chi connectivity index (χ4n) is 3.73. The number of nitrogens with one attached hydrogen (secondary N) is 1. The lowest BCUT2D eigenvalue weighted by atomic mass is 10.00. The van der Waals surface area contributed by atoms with Crippen LogP contribution in [0.15, 0.2) is 0 Å². The highest BCUT2D eigenvalue weighted by atomic mass is 16.5. The highest BCUT2D eigenvalue weighted by Crippen LogP contribution is 2.20. The Morgan fingerprint density at radius 3 is 2.48 bits per heavy atom. The number of piperidine rings is 1. The predicted octanol–water partition coefficient (Wildman–Crippen LogP) is 0.0744. The van der Waals surface area contributed by atoms with Gasteiger partial charge in [-0.15, -0.1) is 0 Å². The minimum atomic E-state index is -0.304. The number of nitrogens with zero attached hydrogens (tertiary/aromatic N) is 3. The number of hydrogen-bond acceptors (Lipinski definition) is 5. The van der Waals surface area contributed by atoms with E-state index in [1.165, 1.54) is 0 Å². The van der Waals surface area contributed by atoms with Gasteiger partial charge >= 0.3 is 0 Å². The summed E-state index contributed by atoms with van der Waals surface area (Å²) in [5.41, 5.74) is 0. The van der Waals surface area contributed by atoms with Gasteiger partial charge in [-0.05, 0) is 25.7 Å². The number of carbonyl (C=O) groups is 3. The fraction of sp³-hybridized carbons (Fsp3) is 0.842. The summed E-state index contributed by atoms with van der Waals surface area (Å²) in [6.07, 6.45) is 3.97. The Kier molecular flexibility index (Phi) is 9.00. The Bertz CT molecular complexity index is 506. The minimum absolute atomic E-state index is 0.0119. The molecule has 1 unspecified atom stereocenters. The lowest BCUT2D eigenvalue weighted by Gasteiger charge is -2.40. The average molecular weight is 383 g/mol. The van der Waals surface area contributed by atoms with Crippen molar-refractivity contribution in [3.8, 4) is 0 Å². The van der Waals surface area contributed by atoms with E-state index in [1.807, 2.05) is 11.8 Å². The molecule has 1 atom stereocenters. The molecule has 2 heterocycles. The first-order valence-corrected chi connectivity index (χ1v) is 10.1. The molecule has 2 fully saturated rings. The molecule has 0 aliphatic carbocycles. The van der Waals surface area contributed by atoms with E-state index in [2.05, 4.69) is 10.2 Å². The van der Waals surface area contributed by atoms with Gasteiger partial charge in [-0.1, -0.05) is 6.92 Å². The van der Waals surface area contributed by atoms with Gasteiger partial charge in [0.2, 0.25) is 17.7 Å². The number of amides is 3. The molecular weight excluding hydrogens is 348 g/mol. The van der Waals surface area contributed by atoms with Crippen molar-refractivity contribution >= 4 is 17.7 Å². The summed E-state index contributed by atoms with van der Waals surface area (Å²) in [5, 5.41) is 2.89. The molecule has 2 rings (SSSR count). The second kappa shape index (κ2) is 11.2. The minimum Gasteiger partial charge on any atom is -0.385 e. The van der Waals surface area contributed by atoms with Gasteiger partial charge in [0, 0.05) is 59.4 Å².